The minimum atomic E-state index is -0.975. The predicted octanol–water partition coefficient (Wildman–Crippen LogP) is 7.48. The first-order chi connectivity index (χ1) is 29.6. The summed E-state index contributed by atoms with van der Waals surface area (Å²) in [5.41, 5.74) is 6.22. The lowest BCUT2D eigenvalue weighted by atomic mass is 10.1. The van der Waals surface area contributed by atoms with Crippen molar-refractivity contribution in [1.82, 2.24) is 17.9 Å². The number of halogens is 2. The maximum absolute atomic E-state index is 13.4. The fourth-order valence-electron chi connectivity index (χ4n) is 6.47. The Balaban J connectivity index is 0.000000184. The number of hydrogen-bond acceptors (Lipinski definition) is 5. The minimum absolute atomic E-state index is 0.142. The molecular weight excluding hydrogens is 779 g/mol. The SMILES string of the molecule is COc1ccc(CC#Cc2cc3ccn(Cc4ccc(F)c(F)c4)c(=O)n3c2)cc1.COc1cccc(CC#Cc2cc3ccn(Cc4ccc(C(=O)O)cc4)c(=O)n3c2)c1. The molecule has 0 spiro atoms. The highest BCUT2D eigenvalue weighted by Gasteiger charge is 2.09. The van der Waals surface area contributed by atoms with Crippen molar-refractivity contribution in [3.05, 3.63) is 212 Å². The normalized spacial score (nSPS) is 10.6. The smallest absolute Gasteiger partial charge is 0.335 e. The second-order valence-corrected chi connectivity index (χ2v) is 13.9. The van der Waals surface area contributed by atoms with Crippen LogP contribution < -0.4 is 20.9 Å². The van der Waals surface area contributed by atoms with Gasteiger partial charge < -0.3 is 14.6 Å². The third kappa shape index (κ3) is 10.1. The van der Waals surface area contributed by atoms with Gasteiger partial charge >= 0.3 is 17.3 Å². The van der Waals surface area contributed by atoms with Crippen molar-refractivity contribution in [1.29, 1.82) is 0 Å². The standard InChI is InChI=1S/C25H20N2O4.C24H18F2N2O2/c1-31-23-7-3-5-18(15-23)4-2-6-20-14-22-12-13-26(25(30)27(22)17-20)16-19-8-10-21(11-9-19)24(28)29;1-30-21-8-5-17(6-9-21)3-2-4-18-13-20-11-12-27(24(29)28(20)16-18)15-19-7-10-22(25)23(26)14-19/h3,5,7-15,17H,4,16H2,1H3,(H,28,29);5-14,16H,3,15H2,1H3. The highest BCUT2D eigenvalue weighted by Crippen LogP contribution is 2.15. The van der Waals surface area contributed by atoms with Crippen LogP contribution in [0.15, 0.2) is 150 Å². The molecule has 0 bridgehead atoms. The number of carboxylic acids is 1. The van der Waals surface area contributed by atoms with Gasteiger partial charge in [0.1, 0.15) is 11.5 Å². The molecule has 0 amide bonds. The Hall–Kier alpha value is -8.09. The van der Waals surface area contributed by atoms with E-state index in [-0.39, 0.29) is 23.5 Å². The fraction of sp³-hybridized carbons (Fsp3) is 0.122. The zero-order valence-corrected chi connectivity index (χ0v) is 33.1. The molecule has 4 aromatic carbocycles. The fourth-order valence-corrected chi connectivity index (χ4v) is 6.47. The molecule has 0 unspecified atom stereocenters. The van der Waals surface area contributed by atoms with Crippen molar-refractivity contribution in [2.75, 3.05) is 14.2 Å². The molecule has 0 atom stereocenters. The van der Waals surface area contributed by atoms with Crippen LogP contribution in [0.3, 0.4) is 0 Å². The lowest BCUT2D eigenvalue weighted by Gasteiger charge is -2.07. The molecule has 0 aliphatic heterocycles. The lowest BCUT2D eigenvalue weighted by molar-refractivity contribution is 0.0697. The number of carbonyl (C=O) groups is 1. The molecule has 0 radical (unpaired) electrons. The third-order valence-electron chi connectivity index (χ3n) is 9.69. The molecule has 4 heterocycles. The van der Waals surface area contributed by atoms with E-state index in [2.05, 4.69) is 23.7 Å². The summed E-state index contributed by atoms with van der Waals surface area (Å²) in [6.45, 7) is 0.492. The summed E-state index contributed by atoms with van der Waals surface area (Å²) >= 11 is 0. The third-order valence-corrected chi connectivity index (χ3v) is 9.69. The second-order valence-electron chi connectivity index (χ2n) is 13.9. The van der Waals surface area contributed by atoms with E-state index in [0.29, 0.717) is 24.9 Å². The molecular formula is C49H38F2N4O6. The number of carboxylic acid groups (broad SMARTS) is 1. The lowest BCUT2D eigenvalue weighted by Crippen LogP contribution is -2.25. The van der Waals surface area contributed by atoms with Crippen LogP contribution in [0.25, 0.3) is 11.0 Å². The Labute approximate surface area is 349 Å². The molecule has 0 saturated carbocycles. The quantitative estimate of drug-likeness (QED) is 0.152. The zero-order chi connectivity index (χ0) is 42.9. The number of fused-ring (bicyclic) bond motifs is 2. The highest BCUT2D eigenvalue weighted by molar-refractivity contribution is 5.87. The monoisotopic (exact) mass is 816 g/mol. The second kappa shape index (κ2) is 18.7. The maximum atomic E-state index is 13.4. The van der Waals surface area contributed by atoms with Gasteiger partial charge in [-0.05, 0) is 95.1 Å². The molecule has 61 heavy (non-hydrogen) atoms. The van der Waals surface area contributed by atoms with Crippen LogP contribution in [0, 0.1) is 35.3 Å². The molecule has 0 fully saturated rings. The van der Waals surface area contributed by atoms with Crippen LogP contribution >= 0.6 is 0 Å². The largest absolute Gasteiger partial charge is 0.497 e. The molecule has 10 nitrogen and oxygen atoms in total. The summed E-state index contributed by atoms with van der Waals surface area (Å²) in [5.74, 6) is 11.2. The van der Waals surface area contributed by atoms with Gasteiger partial charge in [0.05, 0.1) is 43.9 Å². The van der Waals surface area contributed by atoms with E-state index in [1.165, 1.54) is 27.2 Å². The molecule has 4 aromatic heterocycles. The van der Waals surface area contributed by atoms with E-state index in [1.807, 2.05) is 66.7 Å². The molecule has 8 aromatic rings. The Morgan fingerprint density at radius 2 is 1.13 bits per heavy atom. The van der Waals surface area contributed by atoms with Gasteiger partial charge in [0, 0.05) is 48.8 Å². The van der Waals surface area contributed by atoms with Crippen LogP contribution in [-0.4, -0.2) is 43.2 Å². The first kappa shape index (κ1) is 41.1. The first-order valence-electron chi connectivity index (χ1n) is 19.0. The summed E-state index contributed by atoms with van der Waals surface area (Å²) < 4.78 is 43.0. The van der Waals surface area contributed by atoms with E-state index in [4.69, 9.17) is 14.6 Å². The van der Waals surface area contributed by atoms with E-state index in [1.54, 1.807) is 66.2 Å². The van der Waals surface area contributed by atoms with Gasteiger partial charge in [-0.3, -0.25) is 17.9 Å². The van der Waals surface area contributed by atoms with Gasteiger partial charge in [-0.25, -0.2) is 23.2 Å². The molecule has 0 saturated heterocycles. The topological polar surface area (TPSA) is 109 Å². The van der Waals surface area contributed by atoms with E-state index < -0.39 is 17.6 Å². The molecule has 8 rings (SSSR count). The average molecular weight is 817 g/mol. The van der Waals surface area contributed by atoms with E-state index in [9.17, 15) is 23.2 Å². The summed E-state index contributed by atoms with van der Waals surface area (Å²) in [4.78, 5) is 36.6. The van der Waals surface area contributed by atoms with Crippen LogP contribution in [0.1, 0.15) is 43.7 Å². The van der Waals surface area contributed by atoms with Crippen molar-refractivity contribution in [3.63, 3.8) is 0 Å². The molecule has 1 N–H and O–H groups in total. The number of aromatic nitrogens is 4. The summed E-state index contributed by atoms with van der Waals surface area (Å²) in [6.07, 6.45) is 7.95. The number of hydrogen-bond donors (Lipinski definition) is 1. The van der Waals surface area contributed by atoms with Gasteiger partial charge in [0.25, 0.3) is 0 Å². The number of aromatic carboxylic acids is 1. The van der Waals surface area contributed by atoms with Crippen LogP contribution in [0.2, 0.25) is 0 Å². The van der Waals surface area contributed by atoms with Gasteiger partial charge in [0.2, 0.25) is 0 Å². The van der Waals surface area contributed by atoms with Crippen LogP contribution in [0.4, 0.5) is 8.78 Å². The van der Waals surface area contributed by atoms with Crippen molar-refractivity contribution in [3.8, 4) is 35.2 Å². The Kier molecular flexibility index (Phi) is 12.6. The van der Waals surface area contributed by atoms with Gasteiger partial charge in [-0.1, -0.05) is 66.1 Å². The number of benzene rings is 4. The highest BCUT2D eigenvalue weighted by atomic mass is 19.2. The minimum Gasteiger partial charge on any atom is -0.497 e. The summed E-state index contributed by atoms with van der Waals surface area (Å²) in [7, 11) is 3.26. The first-order valence-corrected chi connectivity index (χ1v) is 19.0. The van der Waals surface area contributed by atoms with Crippen molar-refractivity contribution < 1.29 is 28.2 Å². The van der Waals surface area contributed by atoms with Gasteiger partial charge in [-0.15, -0.1) is 0 Å². The zero-order valence-electron chi connectivity index (χ0n) is 33.1. The predicted molar refractivity (Wildman–Crippen MR) is 228 cm³/mol. The Morgan fingerprint density at radius 1 is 0.590 bits per heavy atom. The van der Waals surface area contributed by atoms with E-state index >= 15 is 0 Å². The molecule has 0 aliphatic carbocycles. The van der Waals surface area contributed by atoms with Crippen molar-refractivity contribution in [2.45, 2.75) is 25.9 Å². The van der Waals surface area contributed by atoms with Crippen LogP contribution in [0.5, 0.6) is 11.5 Å². The van der Waals surface area contributed by atoms with Crippen molar-refractivity contribution >= 4 is 17.0 Å². The van der Waals surface area contributed by atoms with E-state index in [0.717, 1.165) is 62.5 Å². The number of methoxy groups -OCH3 is 2. The van der Waals surface area contributed by atoms with Crippen LogP contribution in [-0.2, 0) is 25.9 Å². The number of ether oxygens (including phenoxy) is 2. The molecule has 12 heteroatoms. The Morgan fingerprint density at radius 3 is 1.69 bits per heavy atom. The maximum Gasteiger partial charge on any atom is 0.335 e. The van der Waals surface area contributed by atoms with Crippen molar-refractivity contribution in [2.24, 2.45) is 0 Å². The Bertz CT molecular complexity index is 3120. The summed E-state index contributed by atoms with van der Waals surface area (Å²) in [5, 5.41) is 9.00. The number of nitrogens with zero attached hydrogens (tertiary/aromatic N) is 4. The van der Waals surface area contributed by atoms with Gasteiger partial charge in [-0.2, -0.15) is 0 Å². The molecule has 0 aliphatic rings. The number of rotatable bonds is 9. The average Bonchev–Trinajstić information content (AvgIpc) is 3.90. The van der Waals surface area contributed by atoms with Gasteiger partial charge in [0.15, 0.2) is 11.6 Å². The molecule has 304 valence electrons. The summed E-state index contributed by atoms with van der Waals surface area (Å²) in [6, 6.07) is 32.9.